The Morgan fingerprint density at radius 2 is 1.91 bits per heavy atom. The maximum atomic E-state index is 14.1. The molecule has 2 unspecified atom stereocenters. The number of methoxy groups -OCH3 is 1. The molecule has 3 fully saturated rings. The van der Waals surface area contributed by atoms with Gasteiger partial charge in [0.25, 0.3) is 5.91 Å². The van der Waals surface area contributed by atoms with Crippen molar-refractivity contribution in [2.75, 3.05) is 75.9 Å². The lowest BCUT2D eigenvalue weighted by Crippen LogP contribution is -2.63. The molecule has 2 aromatic carbocycles. The molecule has 10 nitrogen and oxygen atoms in total. The summed E-state index contributed by atoms with van der Waals surface area (Å²) < 4.78 is 55.7. The highest BCUT2D eigenvalue weighted by Crippen LogP contribution is 2.49. The minimum absolute atomic E-state index is 0.0118. The van der Waals surface area contributed by atoms with E-state index in [9.17, 15) is 17.4 Å². The number of rotatable bonds is 3. The van der Waals surface area contributed by atoms with E-state index in [-0.39, 0.29) is 46.0 Å². The van der Waals surface area contributed by atoms with Crippen LogP contribution in [0.5, 0.6) is 5.75 Å². The van der Waals surface area contributed by atoms with E-state index in [1.54, 1.807) is 6.07 Å². The highest BCUT2D eigenvalue weighted by molar-refractivity contribution is 7.99. The second-order valence-corrected chi connectivity index (χ2v) is 22.5. The minimum atomic E-state index is -3.06. The summed E-state index contributed by atoms with van der Waals surface area (Å²) in [6.07, 6.45) is 10.1. The van der Waals surface area contributed by atoms with Gasteiger partial charge in [-0.15, -0.1) is 0 Å². The summed E-state index contributed by atoms with van der Waals surface area (Å²) in [7, 11) is -4.24. The van der Waals surface area contributed by atoms with Crippen molar-refractivity contribution in [3.63, 3.8) is 0 Å². The van der Waals surface area contributed by atoms with Crippen molar-refractivity contribution in [2.45, 2.75) is 74.7 Å². The average Bonchev–Trinajstić information content (AvgIpc) is 3.28. The number of nitrogens with one attached hydrogen (secondary N) is 1. The quantitative estimate of drug-likeness (QED) is 0.339. The third-order valence-corrected chi connectivity index (χ3v) is 18.2. The molecule has 4 heterocycles. The molecule has 1 amide bonds. The Balaban J connectivity index is 1.18. The summed E-state index contributed by atoms with van der Waals surface area (Å²) >= 11 is 6.52. The van der Waals surface area contributed by atoms with Crippen LogP contribution >= 0.6 is 11.6 Å². The van der Waals surface area contributed by atoms with Gasteiger partial charge in [-0.05, 0) is 111 Å². The Labute approximate surface area is 333 Å². The minimum Gasteiger partial charge on any atom is -0.490 e. The van der Waals surface area contributed by atoms with Crippen molar-refractivity contribution in [1.29, 1.82) is 0 Å². The Kier molecular flexibility index (Phi) is 10.7. The van der Waals surface area contributed by atoms with E-state index >= 15 is 0 Å². The molecule has 8 rings (SSSR count). The fourth-order valence-corrected chi connectivity index (χ4v) is 13.7. The predicted molar refractivity (Wildman–Crippen MR) is 222 cm³/mol. The fraction of sp³-hybridized carbons (Fsp3) is 0.619. The number of ether oxygens (including phenoxy) is 2. The first-order valence-corrected chi connectivity index (χ1v) is 24.1. The van der Waals surface area contributed by atoms with Crippen LogP contribution in [0.4, 0.5) is 5.69 Å². The Morgan fingerprint density at radius 3 is 2.69 bits per heavy atom. The zero-order chi connectivity index (χ0) is 38.8. The number of amides is 1. The van der Waals surface area contributed by atoms with E-state index in [2.05, 4.69) is 56.5 Å². The molecule has 13 heteroatoms. The molecule has 6 aliphatic rings. The van der Waals surface area contributed by atoms with Gasteiger partial charge in [0.05, 0.1) is 33.5 Å². The summed E-state index contributed by atoms with van der Waals surface area (Å²) in [5.41, 5.74) is 2.97. The van der Waals surface area contributed by atoms with Gasteiger partial charge in [-0.1, -0.05) is 36.7 Å². The van der Waals surface area contributed by atoms with Crippen LogP contribution in [0, 0.1) is 17.8 Å². The Bertz CT molecular complexity index is 2060. The number of aryl methyl sites for hydroxylation is 1. The maximum absolute atomic E-state index is 14.1. The molecule has 2 aliphatic carbocycles. The van der Waals surface area contributed by atoms with Crippen molar-refractivity contribution >= 4 is 48.6 Å². The molecule has 4 aliphatic heterocycles. The van der Waals surface area contributed by atoms with E-state index in [1.807, 2.05) is 32.2 Å². The molecule has 1 spiro atoms. The number of halogens is 1. The standard InChI is InChI=1S/C42H57ClN4O6S2/c1-29-7-5-16-42(52-3,27-45-17-18-46-19-20-55(50,51)25-35(46)24-45)37-12-9-33(37)23-47-26-41(15-6-8-31-21-34(43)11-13-36(31)41)28-53-39-14-10-32(22-38(39)47)40(48)44-54(4,49)30(29)2/h5,10-11,13-14,16,21-22,29-30,33,35,37H,4,6-9,12,15,17-20,23-28H2,1-3H3,(H,44,48,49)/b16-5+/t29-,30+,33-,35?,37+,41-,42-,54?/m0/s1. The van der Waals surface area contributed by atoms with Crippen LogP contribution in [0.25, 0.3) is 0 Å². The van der Waals surface area contributed by atoms with Gasteiger partial charge in [0.15, 0.2) is 9.84 Å². The molecular weight excluding hydrogens is 756 g/mol. The number of carbonyl (C=O) groups is 1. The molecule has 1 N–H and O–H groups in total. The molecule has 8 atom stereocenters. The summed E-state index contributed by atoms with van der Waals surface area (Å²) in [4.78, 5) is 21.1. The van der Waals surface area contributed by atoms with Gasteiger partial charge in [-0.25, -0.2) is 12.6 Å². The molecule has 2 aromatic rings. The van der Waals surface area contributed by atoms with Crippen LogP contribution < -0.4 is 14.4 Å². The van der Waals surface area contributed by atoms with E-state index < -0.39 is 31.1 Å². The largest absolute Gasteiger partial charge is 0.490 e. The van der Waals surface area contributed by atoms with Crippen LogP contribution in [0.2, 0.25) is 5.02 Å². The van der Waals surface area contributed by atoms with Crippen molar-refractivity contribution in [3.8, 4) is 5.75 Å². The van der Waals surface area contributed by atoms with Crippen LogP contribution in [-0.4, -0.2) is 122 Å². The third-order valence-electron chi connectivity index (χ3n) is 14.1. The van der Waals surface area contributed by atoms with Gasteiger partial charge in [0.1, 0.15) is 11.4 Å². The summed E-state index contributed by atoms with van der Waals surface area (Å²) in [6, 6.07) is 11.9. The zero-order valence-corrected chi connectivity index (χ0v) is 34.9. The Morgan fingerprint density at radius 1 is 1.07 bits per heavy atom. The van der Waals surface area contributed by atoms with Crippen LogP contribution in [0.15, 0.2) is 48.6 Å². The molecule has 0 radical (unpaired) electrons. The molecular formula is C42H57ClN4O6S2. The van der Waals surface area contributed by atoms with E-state index in [4.69, 9.17) is 21.1 Å². The van der Waals surface area contributed by atoms with Gasteiger partial charge in [0.2, 0.25) is 0 Å². The third kappa shape index (κ3) is 7.60. The summed E-state index contributed by atoms with van der Waals surface area (Å²) in [5.74, 6) is 5.31. The van der Waals surface area contributed by atoms with Crippen molar-refractivity contribution in [1.82, 2.24) is 14.5 Å². The lowest BCUT2D eigenvalue weighted by molar-refractivity contribution is -0.0981. The van der Waals surface area contributed by atoms with Gasteiger partial charge in [-0.2, -0.15) is 0 Å². The smallest absolute Gasteiger partial charge is 0.262 e. The maximum Gasteiger partial charge on any atom is 0.262 e. The Hall–Kier alpha value is -2.61. The van der Waals surface area contributed by atoms with E-state index in [0.29, 0.717) is 38.2 Å². The molecule has 1 saturated carbocycles. The van der Waals surface area contributed by atoms with Crippen molar-refractivity contribution in [3.05, 3.63) is 70.3 Å². The predicted octanol–water partition coefficient (Wildman–Crippen LogP) is 4.98. The van der Waals surface area contributed by atoms with Crippen molar-refractivity contribution in [2.24, 2.45) is 17.8 Å². The molecule has 55 heavy (non-hydrogen) atoms. The number of sulfone groups is 1. The number of allylic oxidation sites excluding steroid dienone is 1. The first-order valence-electron chi connectivity index (χ1n) is 20.1. The number of benzene rings is 2. The van der Waals surface area contributed by atoms with Gasteiger partial charge in [0, 0.05) is 80.2 Å². The molecule has 2 bridgehead atoms. The first kappa shape index (κ1) is 39.2. The number of hydrogen-bond acceptors (Lipinski definition) is 9. The second kappa shape index (κ2) is 15.0. The number of carbonyl (C=O) groups excluding carboxylic acids is 1. The number of fused-ring (bicyclic) bond motifs is 5. The number of anilines is 1. The first-order chi connectivity index (χ1) is 26.2. The van der Waals surface area contributed by atoms with Crippen molar-refractivity contribution < 1.29 is 26.9 Å². The molecule has 2 saturated heterocycles. The lowest BCUT2D eigenvalue weighted by atomic mass is 9.63. The highest BCUT2D eigenvalue weighted by atomic mass is 35.5. The number of piperazine rings is 1. The van der Waals surface area contributed by atoms with E-state index in [0.717, 1.165) is 74.7 Å². The normalized spacial score (nSPS) is 37.3. The average molecular weight is 814 g/mol. The van der Waals surface area contributed by atoms with Crippen LogP contribution in [-0.2, 0) is 36.1 Å². The van der Waals surface area contributed by atoms with Gasteiger partial charge >= 0.3 is 0 Å². The van der Waals surface area contributed by atoms with Crippen LogP contribution in [0.1, 0.15) is 67.4 Å². The van der Waals surface area contributed by atoms with Gasteiger partial charge < -0.3 is 14.4 Å². The summed E-state index contributed by atoms with van der Waals surface area (Å²) in [6.45, 7) is 9.62. The molecule has 0 aromatic heterocycles. The van der Waals surface area contributed by atoms with Crippen LogP contribution in [0.3, 0.4) is 0 Å². The SMILES string of the molecule is C=S1(=O)NC(=O)c2ccc3c(c2)N(C[C@@H]2CC[C@H]2[C@](CN2CCN4CCS(=O)(=O)CC4C2)(OC)/C=C/C[C@H](C)[C@H]1C)C[C@@]1(CCCc2cc(Cl)ccc21)CO3. The molecule has 300 valence electrons. The lowest BCUT2D eigenvalue weighted by Gasteiger charge is -2.53. The summed E-state index contributed by atoms with van der Waals surface area (Å²) in [5, 5.41) is 0.358. The fourth-order valence-electron chi connectivity index (χ4n) is 10.4. The topological polar surface area (TPSA) is 108 Å². The van der Waals surface area contributed by atoms with E-state index in [1.165, 1.54) is 11.1 Å². The number of hydrogen-bond donors (Lipinski definition) is 1. The highest BCUT2D eigenvalue weighted by Gasteiger charge is 2.50. The zero-order valence-electron chi connectivity index (χ0n) is 32.5. The van der Waals surface area contributed by atoms with Gasteiger partial charge in [-0.3, -0.25) is 19.3 Å². The second-order valence-electron chi connectivity index (χ2n) is 17.4. The monoisotopic (exact) mass is 812 g/mol. The number of nitrogens with zero attached hydrogens (tertiary/aromatic N) is 3.